The Kier molecular flexibility index (Phi) is 4.57. The molecule has 1 aromatic heterocycles. The number of nitrogens with two attached hydrogens (primary N) is 1. The SMILES string of the molecule is NNC(Cc1cc(F)ccc1Br)c1ccncc1F. The van der Waals surface area contributed by atoms with Gasteiger partial charge in [0.1, 0.15) is 11.6 Å². The van der Waals surface area contributed by atoms with Gasteiger partial charge in [-0.2, -0.15) is 0 Å². The number of hydrogen-bond acceptors (Lipinski definition) is 3. The highest BCUT2D eigenvalue weighted by Gasteiger charge is 2.16. The van der Waals surface area contributed by atoms with E-state index in [2.05, 4.69) is 26.3 Å². The van der Waals surface area contributed by atoms with E-state index in [0.29, 0.717) is 17.5 Å². The first-order valence-electron chi connectivity index (χ1n) is 5.61. The van der Waals surface area contributed by atoms with Crippen LogP contribution in [0.2, 0.25) is 0 Å². The van der Waals surface area contributed by atoms with Gasteiger partial charge in [0.15, 0.2) is 0 Å². The summed E-state index contributed by atoms with van der Waals surface area (Å²) in [6.45, 7) is 0. The zero-order valence-corrected chi connectivity index (χ0v) is 11.5. The Labute approximate surface area is 117 Å². The number of hydrogen-bond donors (Lipinski definition) is 2. The molecule has 2 aromatic rings. The number of nitrogens with one attached hydrogen (secondary N) is 1. The van der Waals surface area contributed by atoms with Crippen molar-refractivity contribution in [2.24, 2.45) is 5.84 Å². The molecule has 3 nitrogen and oxygen atoms in total. The standard InChI is InChI=1S/C13H12BrF2N3/c14-11-2-1-9(15)5-8(11)6-13(19-17)10-3-4-18-7-12(10)16/h1-5,7,13,19H,6,17H2. The van der Waals surface area contributed by atoms with Crippen molar-refractivity contribution >= 4 is 15.9 Å². The van der Waals surface area contributed by atoms with E-state index in [4.69, 9.17) is 5.84 Å². The summed E-state index contributed by atoms with van der Waals surface area (Å²) in [5.74, 6) is 4.67. The fourth-order valence-electron chi connectivity index (χ4n) is 1.85. The van der Waals surface area contributed by atoms with Crippen molar-refractivity contribution in [3.8, 4) is 0 Å². The summed E-state index contributed by atoms with van der Waals surface area (Å²) >= 11 is 3.34. The maximum Gasteiger partial charge on any atom is 0.146 e. The van der Waals surface area contributed by atoms with Gasteiger partial charge in [0, 0.05) is 16.2 Å². The van der Waals surface area contributed by atoms with E-state index >= 15 is 0 Å². The predicted molar refractivity (Wildman–Crippen MR) is 72.1 cm³/mol. The van der Waals surface area contributed by atoms with Crippen molar-refractivity contribution in [2.45, 2.75) is 12.5 Å². The molecule has 0 radical (unpaired) electrons. The molecule has 1 unspecified atom stereocenters. The lowest BCUT2D eigenvalue weighted by Gasteiger charge is -2.17. The molecule has 1 heterocycles. The zero-order chi connectivity index (χ0) is 13.8. The molecule has 0 spiro atoms. The van der Waals surface area contributed by atoms with Gasteiger partial charge in [-0.1, -0.05) is 15.9 Å². The van der Waals surface area contributed by atoms with E-state index in [1.165, 1.54) is 18.3 Å². The molecule has 0 saturated heterocycles. The van der Waals surface area contributed by atoms with Gasteiger partial charge in [-0.15, -0.1) is 0 Å². The Morgan fingerprint density at radius 2 is 2.11 bits per heavy atom. The van der Waals surface area contributed by atoms with Gasteiger partial charge in [0.25, 0.3) is 0 Å². The van der Waals surface area contributed by atoms with Crippen LogP contribution in [0.4, 0.5) is 8.78 Å². The van der Waals surface area contributed by atoms with Crippen LogP contribution in [0.3, 0.4) is 0 Å². The van der Waals surface area contributed by atoms with Crippen LogP contribution >= 0.6 is 15.9 Å². The third-order valence-electron chi connectivity index (χ3n) is 2.81. The molecule has 3 N–H and O–H groups in total. The highest BCUT2D eigenvalue weighted by atomic mass is 79.9. The first-order chi connectivity index (χ1) is 9.11. The maximum absolute atomic E-state index is 13.7. The number of halogens is 3. The average molecular weight is 328 g/mol. The van der Waals surface area contributed by atoms with Crippen LogP contribution < -0.4 is 11.3 Å². The van der Waals surface area contributed by atoms with E-state index in [9.17, 15) is 8.78 Å². The Hall–Kier alpha value is -1.37. The molecule has 100 valence electrons. The highest BCUT2D eigenvalue weighted by Crippen LogP contribution is 2.25. The summed E-state index contributed by atoms with van der Waals surface area (Å²) in [7, 11) is 0. The normalized spacial score (nSPS) is 12.4. The quantitative estimate of drug-likeness (QED) is 0.670. The Morgan fingerprint density at radius 1 is 1.32 bits per heavy atom. The minimum absolute atomic E-state index is 0.343. The third kappa shape index (κ3) is 3.34. The molecule has 0 saturated carbocycles. The van der Waals surface area contributed by atoms with Crippen LogP contribution in [0, 0.1) is 11.6 Å². The molecule has 0 aliphatic heterocycles. The Bertz CT molecular complexity index is 578. The summed E-state index contributed by atoms with van der Waals surface area (Å²) in [5.41, 5.74) is 3.65. The number of aromatic nitrogens is 1. The van der Waals surface area contributed by atoms with E-state index in [-0.39, 0.29) is 5.82 Å². The van der Waals surface area contributed by atoms with Crippen molar-refractivity contribution in [2.75, 3.05) is 0 Å². The molecular formula is C13H12BrF2N3. The summed E-state index contributed by atoms with van der Waals surface area (Å²) in [4.78, 5) is 3.69. The largest absolute Gasteiger partial charge is 0.271 e. The second-order valence-corrected chi connectivity index (χ2v) is 4.91. The topological polar surface area (TPSA) is 50.9 Å². The molecule has 19 heavy (non-hydrogen) atoms. The number of benzene rings is 1. The van der Waals surface area contributed by atoms with Crippen molar-refractivity contribution in [1.82, 2.24) is 10.4 Å². The van der Waals surface area contributed by atoms with Crippen molar-refractivity contribution < 1.29 is 8.78 Å². The summed E-state index contributed by atoms with van der Waals surface area (Å²) in [6.07, 6.45) is 2.97. The Balaban J connectivity index is 2.29. The maximum atomic E-state index is 13.7. The molecule has 0 amide bonds. The van der Waals surface area contributed by atoms with Crippen LogP contribution in [0.25, 0.3) is 0 Å². The molecule has 2 rings (SSSR count). The number of pyridine rings is 1. The fraction of sp³-hybridized carbons (Fsp3) is 0.154. The van der Waals surface area contributed by atoms with Crippen molar-refractivity contribution in [3.63, 3.8) is 0 Å². The molecule has 0 bridgehead atoms. The lowest BCUT2D eigenvalue weighted by Crippen LogP contribution is -2.30. The van der Waals surface area contributed by atoms with Gasteiger partial charge < -0.3 is 0 Å². The van der Waals surface area contributed by atoms with Crippen LogP contribution in [-0.4, -0.2) is 4.98 Å². The minimum atomic E-state index is -0.457. The number of hydrazine groups is 1. The smallest absolute Gasteiger partial charge is 0.146 e. The number of rotatable bonds is 4. The van der Waals surface area contributed by atoms with Crippen LogP contribution in [0.1, 0.15) is 17.2 Å². The van der Waals surface area contributed by atoms with Gasteiger partial charge in [-0.25, -0.2) is 8.78 Å². The van der Waals surface area contributed by atoms with E-state index in [0.717, 1.165) is 10.7 Å². The van der Waals surface area contributed by atoms with Gasteiger partial charge in [-0.05, 0) is 36.2 Å². The monoisotopic (exact) mass is 327 g/mol. The van der Waals surface area contributed by atoms with Crippen LogP contribution in [-0.2, 0) is 6.42 Å². The summed E-state index contributed by atoms with van der Waals surface area (Å²) in [5, 5.41) is 0. The van der Waals surface area contributed by atoms with E-state index < -0.39 is 11.9 Å². The molecular weight excluding hydrogens is 316 g/mol. The minimum Gasteiger partial charge on any atom is -0.271 e. The predicted octanol–water partition coefficient (Wildman–Crippen LogP) is 2.87. The molecule has 0 fully saturated rings. The lowest BCUT2D eigenvalue weighted by molar-refractivity contribution is 0.506. The first kappa shape index (κ1) is 14.0. The molecule has 1 atom stereocenters. The molecule has 0 aliphatic rings. The summed E-state index contributed by atoms with van der Waals surface area (Å²) < 4.78 is 27.6. The fourth-order valence-corrected chi connectivity index (χ4v) is 2.26. The Morgan fingerprint density at radius 3 is 2.79 bits per heavy atom. The molecule has 6 heteroatoms. The lowest BCUT2D eigenvalue weighted by atomic mass is 10.00. The van der Waals surface area contributed by atoms with Crippen molar-refractivity contribution in [3.05, 3.63) is 63.9 Å². The van der Waals surface area contributed by atoms with E-state index in [1.807, 2.05) is 0 Å². The van der Waals surface area contributed by atoms with Gasteiger partial charge >= 0.3 is 0 Å². The molecule has 0 aliphatic carbocycles. The highest BCUT2D eigenvalue weighted by molar-refractivity contribution is 9.10. The second-order valence-electron chi connectivity index (χ2n) is 4.06. The first-order valence-corrected chi connectivity index (χ1v) is 6.40. The molecule has 1 aromatic carbocycles. The number of nitrogens with zero attached hydrogens (tertiary/aromatic N) is 1. The average Bonchev–Trinajstić information content (AvgIpc) is 2.41. The van der Waals surface area contributed by atoms with Crippen LogP contribution in [0.5, 0.6) is 0 Å². The zero-order valence-electron chi connectivity index (χ0n) is 9.91. The van der Waals surface area contributed by atoms with Crippen LogP contribution in [0.15, 0.2) is 41.1 Å². The second kappa shape index (κ2) is 6.18. The van der Waals surface area contributed by atoms with E-state index in [1.54, 1.807) is 12.1 Å². The summed E-state index contributed by atoms with van der Waals surface area (Å²) in [6, 6.07) is 5.45. The third-order valence-corrected chi connectivity index (χ3v) is 3.59. The van der Waals surface area contributed by atoms with Gasteiger partial charge in [0.05, 0.1) is 12.2 Å². The van der Waals surface area contributed by atoms with Gasteiger partial charge in [-0.3, -0.25) is 16.3 Å². The van der Waals surface area contributed by atoms with Crippen molar-refractivity contribution in [1.29, 1.82) is 0 Å². The van der Waals surface area contributed by atoms with Gasteiger partial charge in [0.2, 0.25) is 0 Å².